The molecule has 3 nitrogen and oxygen atoms in total. The van der Waals surface area contributed by atoms with Crippen LogP contribution in [0.15, 0.2) is 18.3 Å². The maximum Gasteiger partial charge on any atom is 0.405 e. The van der Waals surface area contributed by atoms with Gasteiger partial charge < -0.3 is 10.0 Å². The summed E-state index contributed by atoms with van der Waals surface area (Å²) in [5, 5.41) is 9.55. The molecule has 0 aliphatic heterocycles. The zero-order valence-corrected chi connectivity index (χ0v) is 10.4. The van der Waals surface area contributed by atoms with Gasteiger partial charge in [0.15, 0.2) is 0 Å². The number of pyridine rings is 1. The standard InChI is InChI=1S/C12H17F3N2O/c1-3-11(18)10-6-5-9(7-16-10)17(4-2)8-12(13,14)15/h5-7,11,18H,3-4,8H2,1-2H3. The second kappa shape index (κ2) is 6.04. The Kier molecular flexibility index (Phi) is 4.95. The molecule has 0 aromatic carbocycles. The number of alkyl halides is 3. The maximum atomic E-state index is 12.3. The summed E-state index contributed by atoms with van der Waals surface area (Å²) in [6.07, 6.45) is -3.02. The predicted octanol–water partition coefficient (Wildman–Crippen LogP) is 2.91. The van der Waals surface area contributed by atoms with E-state index in [2.05, 4.69) is 4.98 Å². The van der Waals surface area contributed by atoms with E-state index < -0.39 is 18.8 Å². The Morgan fingerprint density at radius 2 is 2.00 bits per heavy atom. The molecule has 1 heterocycles. The number of rotatable bonds is 5. The Labute approximate surface area is 104 Å². The molecule has 6 heteroatoms. The van der Waals surface area contributed by atoms with Gasteiger partial charge in [0, 0.05) is 6.54 Å². The van der Waals surface area contributed by atoms with Crippen LogP contribution in [0.4, 0.5) is 18.9 Å². The number of nitrogens with zero attached hydrogens (tertiary/aromatic N) is 2. The van der Waals surface area contributed by atoms with Crippen LogP contribution in [0.25, 0.3) is 0 Å². The van der Waals surface area contributed by atoms with Gasteiger partial charge in [0.2, 0.25) is 0 Å². The molecule has 0 fully saturated rings. The lowest BCUT2D eigenvalue weighted by molar-refractivity contribution is -0.119. The molecule has 0 amide bonds. The van der Waals surface area contributed by atoms with Gasteiger partial charge in [0.1, 0.15) is 6.54 Å². The van der Waals surface area contributed by atoms with Crippen LogP contribution in [-0.4, -0.2) is 29.4 Å². The lowest BCUT2D eigenvalue weighted by Gasteiger charge is -2.24. The van der Waals surface area contributed by atoms with E-state index in [-0.39, 0.29) is 6.54 Å². The van der Waals surface area contributed by atoms with Crippen LogP contribution in [0.2, 0.25) is 0 Å². The minimum Gasteiger partial charge on any atom is -0.387 e. The average molecular weight is 262 g/mol. The fourth-order valence-corrected chi connectivity index (χ4v) is 1.59. The molecule has 1 N–H and O–H groups in total. The maximum absolute atomic E-state index is 12.3. The number of hydrogen-bond acceptors (Lipinski definition) is 3. The Hall–Kier alpha value is -1.30. The average Bonchev–Trinajstić information content (AvgIpc) is 2.34. The van der Waals surface area contributed by atoms with Crippen molar-refractivity contribution in [2.45, 2.75) is 32.5 Å². The van der Waals surface area contributed by atoms with Gasteiger partial charge in [-0.25, -0.2) is 0 Å². The van der Waals surface area contributed by atoms with Gasteiger partial charge in [-0.2, -0.15) is 13.2 Å². The topological polar surface area (TPSA) is 36.4 Å². The molecule has 0 aliphatic carbocycles. The van der Waals surface area contributed by atoms with Crippen molar-refractivity contribution in [2.75, 3.05) is 18.0 Å². The van der Waals surface area contributed by atoms with Gasteiger partial charge in [0.25, 0.3) is 0 Å². The van der Waals surface area contributed by atoms with Crippen LogP contribution in [-0.2, 0) is 0 Å². The third-order valence-corrected chi connectivity index (χ3v) is 2.62. The molecule has 0 saturated carbocycles. The monoisotopic (exact) mass is 262 g/mol. The lowest BCUT2D eigenvalue weighted by Crippen LogP contribution is -2.34. The van der Waals surface area contributed by atoms with E-state index in [9.17, 15) is 18.3 Å². The van der Waals surface area contributed by atoms with Crippen LogP contribution in [0.1, 0.15) is 32.1 Å². The van der Waals surface area contributed by atoms with Crippen molar-refractivity contribution in [1.82, 2.24) is 4.98 Å². The van der Waals surface area contributed by atoms with Crippen LogP contribution in [0.5, 0.6) is 0 Å². The summed E-state index contributed by atoms with van der Waals surface area (Å²) in [5.74, 6) is 0. The number of aliphatic hydroxyl groups is 1. The van der Waals surface area contributed by atoms with E-state index in [0.717, 1.165) is 0 Å². The van der Waals surface area contributed by atoms with Gasteiger partial charge in [-0.05, 0) is 25.5 Å². The van der Waals surface area contributed by atoms with Crippen molar-refractivity contribution in [3.05, 3.63) is 24.0 Å². The van der Waals surface area contributed by atoms with Crippen LogP contribution < -0.4 is 4.90 Å². The summed E-state index contributed by atoms with van der Waals surface area (Å²) < 4.78 is 37.0. The lowest BCUT2D eigenvalue weighted by atomic mass is 10.2. The molecule has 0 radical (unpaired) electrons. The Morgan fingerprint density at radius 3 is 2.39 bits per heavy atom. The molecule has 18 heavy (non-hydrogen) atoms. The summed E-state index contributed by atoms with van der Waals surface area (Å²) in [5.41, 5.74) is 0.881. The highest BCUT2D eigenvalue weighted by atomic mass is 19.4. The number of aromatic nitrogens is 1. The summed E-state index contributed by atoms with van der Waals surface area (Å²) in [6.45, 7) is 2.71. The quantitative estimate of drug-likeness (QED) is 0.886. The smallest absolute Gasteiger partial charge is 0.387 e. The summed E-state index contributed by atoms with van der Waals surface area (Å²) in [4.78, 5) is 5.18. The van der Waals surface area contributed by atoms with Gasteiger partial charge >= 0.3 is 6.18 Å². The second-order valence-electron chi connectivity index (χ2n) is 3.99. The van der Waals surface area contributed by atoms with E-state index >= 15 is 0 Å². The van der Waals surface area contributed by atoms with Gasteiger partial charge in [-0.1, -0.05) is 6.92 Å². The molecule has 1 atom stereocenters. The molecular weight excluding hydrogens is 245 g/mol. The second-order valence-corrected chi connectivity index (χ2v) is 3.99. The van der Waals surface area contributed by atoms with E-state index in [0.29, 0.717) is 17.8 Å². The molecule has 1 aromatic rings. The van der Waals surface area contributed by atoms with E-state index in [1.165, 1.54) is 11.1 Å². The molecular formula is C12H17F3N2O. The fourth-order valence-electron chi connectivity index (χ4n) is 1.59. The number of anilines is 1. The third-order valence-electron chi connectivity index (χ3n) is 2.62. The van der Waals surface area contributed by atoms with Gasteiger partial charge in [-0.3, -0.25) is 4.98 Å². The Bertz CT molecular complexity index is 365. The first-order valence-electron chi connectivity index (χ1n) is 5.83. The van der Waals surface area contributed by atoms with Crippen molar-refractivity contribution >= 4 is 5.69 Å². The predicted molar refractivity (Wildman–Crippen MR) is 63.4 cm³/mol. The van der Waals surface area contributed by atoms with Crippen molar-refractivity contribution in [3.63, 3.8) is 0 Å². The van der Waals surface area contributed by atoms with Crippen molar-refractivity contribution in [3.8, 4) is 0 Å². The van der Waals surface area contributed by atoms with Crippen molar-refractivity contribution in [2.24, 2.45) is 0 Å². The third kappa shape index (κ3) is 4.18. The largest absolute Gasteiger partial charge is 0.405 e. The van der Waals surface area contributed by atoms with Crippen molar-refractivity contribution < 1.29 is 18.3 Å². The minimum absolute atomic E-state index is 0.247. The van der Waals surface area contributed by atoms with E-state index in [1.807, 2.05) is 6.92 Å². The normalized spacial score (nSPS) is 13.4. The Balaban J connectivity index is 2.82. The van der Waals surface area contributed by atoms with Crippen LogP contribution >= 0.6 is 0 Å². The Morgan fingerprint density at radius 1 is 1.33 bits per heavy atom. The molecule has 1 rings (SSSR count). The highest BCUT2D eigenvalue weighted by molar-refractivity contribution is 5.44. The van der Waals surface area contributed by atoms with Gasteiger partial charge in [0.05, 0.1) is 23.7 Å². The first kappa shape index (κ1) is 14.8. The molecule has 0 saturated heterocycles. The summed E-state index contributed by atoms with van der Waals surface area (Å²) in [7, 11) is 0. The van der Waals surface area contributed by atoms with Crippen LogP contribution in [0, 0.1) is 0 Å². The fraction of sp³-hybridized carbons (Fsp3) is 0.583. The minimum atomic E-state index is -4.24. The molecule has 102 valence electrons. The highest BCUT2D eigenvalue weighted by Crippen LogP contribution is 2.22. The molecule has 0 spiro atoms. The molecule has 0 bridgehead atoms. The molecule has 0 aliphatic rings. The van der Waals surface area contributed by atoms with Gasteiger partial charge in [-0.15, -0.1) is 0 Å². The van der Waals surface area contributed by atoms with E-state index in [1.54, 1.807) is 19.1 Å². The van der Waals surface area contributed by atoms with Crippen LogP contribution in [0.3, 0.4) is 0 Å². The van der Waals surface area contributed by atoms with Crippen molar-refractivity contribution in [1.29, 1.82) is 0 Å². The number of aliphatic hydroxyl groups excluding tert-OH is 1. The SMILES string of the molecule is CCC(O)c1ccc(N(CC)CC(F)(F)F)cn1. The first-order chi connectivity index (χ1) is 8.37. The number of halogens is 3. The zero-order chi connectivity index (χ0) is 13.8. The zero-order valence-electron chi connectivity index (χ0n) is 10.4. The number of hydrogen-bond donors (Lipinski definition) is 1. The first-order valence-corrected chi connectivity index (χ1v) is 5.83. The molecule has 1 aromatic heterocycles. The molecule has 1 unspecified atom stereocenters. The summed E-state index contributed by atoms with van der Waals surface area (Å²) >= 11 is 0. The summed E-state index contributed by atoms with van der Waals surface area (Å²) in [6, 6.07) is 3.11. The highest BCUT2D eigenvalue weighted by Gasteiger charge is 2.30. The van der Waals surface area contributed by atoms with E-state index in [4.69, 9.17) is 0 Å².